The second-order valence-corrected chi connectivity index (χ2v) is 9.56. The second-order valence-electron chi connectivity index (χ2n) is 9.56. The molecule has 4 heterocycles. The number of aromatic nitrogens is 2. The molecule has 2 atom stereocenters. The maximum atomic E-state index is 12.2. The van der Waals surface area contributed by atoms with Crippen LogP contribution in [0.3, 0.4) is 0 Å². The number of hydrogen-bond donors (Lipinski definition) is 0. The van der Waals surface area contributed by atoms with Crippen LogP contribution < -0.4 is 4.90 Å². The molecule has 0 aliphatic carbocycles. The van der Waals surface area contributed by atoms with E-state index in [1.807, 2.05) is 4.90 Å². The van der Waals surface area contributed by atoms with Crippen LogP contribution in [0.15, 0.2) is 24.3 Å². The number of anilines is 2. The number of benzene rings is 1. The van der Waals surface area contributed by atoms with Gasteiger partial charge in [-0.05, 0) is 55.0 Å². The first kappa shape index (κ1) is 22.2. The fourth-order valence-corrected chi connectivity index (χ4v) is 5.80. The predicted octanol–water partition coefficient (Wildman–Crippen LogP) is 5.21. The summed E-state index contributed by atoms with van der Waals surface area (Å²) in [5.74, 6) is 1.66. The van der Waals surface area contributed by atoms with Crippen LogP contribution in [0.25, 0.3) is 5.57 Å². The lowest BCUT2D eigenvalue weighted by atomic mass is 9.94. The largest absolute Gasteiger partial charge is 0.379 e. The van der Waals surface area contributed by atoms with Crippen LogP contribution in [0.4, 0.5) is 11.5 Å². The van der Waals surface area contributed by atoms with Crippen molar-refractivity contribution in [1.29, 1.82) is 0 Å². The number of ether oxygens (including phenoxy) is 1. The summed E-state index contributed by atoms with van der Waals surface area (Å²) >= 11 is 0. The summed E-state index contributed by atoms with van der Waals surface area (Å²) in [5.41, 5.74) is 7.93. The molecule has 1 aromatic heterocycles. The fraction of sp³-hybridized carbons (Fsp3) is 0.556. The molecule has 3 aliphatic rings. The molecule has 0 bridgehead atoms. The number of amides is 1. The minimum Gasteiger partial charge on any atom is -0.379 e. The second kappa shape index (κ2) is 8.98. The third-order valence-electron chi connectivity index (χ3n) is 7.77. The van der Waals surface area contributed by atoms with Gasteiger partial charge in [0.05, 0.1) is 19.2 Å². The molecule has 176 valence electrons. The Hall–Kier alpha value is -2.60. The van der Waals surface area contributed by atoms with E-state index in [1.165, 1.54) is 33.6 Å². The minimum atomic E-state index is 0.139. The zero-order valence-corrected chi connectivity index (χ0v) is 20.4. The molecule has 2 unspecified atom stereocenters. The lowest BCUT2D eigenvalue weighted by molar-refractivity contribution is -0.129. The van der Waals surface area contributed by atoms with Crippen LogP contribution >= 0.6 is 0 Å². The topological polar surface area (TPSA) is 50.6 Å². The minimum absolute atomic E-state index is 0.139. The fourth-order valence-electron chi connectivity index (χ4n) is 5.80. The third kappa shape index (κ3) is 3.78. The highest BCUT2D eigenvalue weighted by Gasteiger charge is 2.36. The number of fused-ring (bicyclic) bond motifs is 2. The zero-order valence-electron chi connectivity index (χ0n) is 20.4. The van der Waals surface area contributed by atoms with Crippen molar-refractivity contribution < 1.29 is 9.53 Å². The van der Waals surface area contributed by atoms with Gasteiger partial charge in [-0.2, -0.15) is 5.10 Å². The first-order valence-corrected chi connectivity index (χ1v) is 12.6. The van der Waals surface area contributed by atoms with Crippen LogP contribution in [0, 0.1) is 0 Å². The van der Waals surface area contributed by atoms with Crippen molar-refractivity contribution in [2.45, 2.75) is 71.9 Å². The Bertz CT molecular complexity index is 1080. The molecule has 1 saturated heterocycles. The van der Waals surface area contributed by atoms with Crippen molar-refractivity contribution in [3.05, 3.63) is 46.7 Å². The molecule has 3 aliphatic heterocycles. The van der Waals surface area contributed by atoms with Crippen molar-refractivity contribution in [2.24, 2.45) is 0 Å². The molecular weight excluding hydrogens is 412 g/mol. The number of allylic oxidation sites excluding steroid dienone is 2. The summed E-state index contributed by atoms with van der Waals surface area (Å²) in [6.07, 6.45) is 6.23. The molecule has 1 amide bonds. The van der Waals surface area contributed by atoms with Gasteiger partial charge in [0, 0.05) is 55.9 Å². The van der Waals surface area contributed by atoms with Gasteiger partial charge in [0.25, 0.3) is 0 Å². The van der Waals surface area contributed by atoms with E-state index < -0.39 is 0 Å². The van der Waals surface area contributed by atoms with Gasteiger partial charge >= 0.3 is 0 Å². The van der Waals surface area contributed by atoms with Crippen molar-refractivity contribution in [3.63, 3.8) is 0 Å². The molecule has 1 aromatic carbocycles. The summed E-state index contributed by atoms with van der Waals surface area (Å²) in [6.45, 7) is 12.2. The summed E-state index contributed by atoms with van der Waals surface area (Å²) in [4.78, 5) is 16.6. The lowest BCUT2D eigenvalue weighted by Crippen LogP contribution is -2.35. The third-order valence-corrected chi connectivity index (χ3v) is 7.77. The van der Waals surface area contributed by atoms with Crippen molar-refractivity contribution in [1.82, 2.24) is 14.7 Å². The average molecular weight is 449 g/mol. The Morgan fingerprint density at radius 2 is 2.15 bits per heavy atom. The molecule has 6 heteroatoms. The lowest BCUT2D eigenvalue weighted by Gasteiger charge is -2.28. The standard InChI is InChI=1S/C27H36N4O2/c1-5-19(6-2)21-8-9-25-23(14-21)20(7-3)15-30(25)27-24-16-29(18(4)32)12-10-26(24)31(28-27)22-11-13-33-17-22/h5,8-9,14,20,22H,6-7,10-13,15-17H2,1-4H3/b19-5+. The first-order chi connectivity index (χ1) is 16.0. The Balaban J connectivity index is 1.59. The van der Waals surface area contributed by atoms with E-state index in [2.05, 4.69) is 54.6 Å². The predicted molar refractivity (Wildman–Crippen MR) is 132 cm³/mol. The average Bonchev–Trinajstić information content (AvgIpc) is 3.56. The molecule has 5 rings (SSSR count). The normalized spacial score (nSPS) is 22.6. The molecule has 33 heavy (non-hydrogen) atoms. The van der Waals surface area contributed by atoms with Gasteiger partial charge in [-0.1, -0.05) is 26.0 Å². The summed E-state index contributed by atoms with van der Waals surface area (Å²) < 4.78 is 7.93. The van der Waals surface area contributed by atoms with Crippen LogP contribution in [0.5, 0.6) is 0 Å². The van der Waals surface area contributed by atoms with Crippen molar-refractivity contribution in [3.8, 4) is 0 Å². The molecule has 0 saturated carbocycles. The highest BCUT2D eigenvalue weighted by atomic mass is 16.5. The van der Waals surface area contributed by atoms with Crippen LogP contribution in [0.2, 0.25) is 0 Å². The summed E-state index contributed by atoms with van der Waals surface area (Å²) in [5, 5.41) is 5.22. The van der Waals surface area contributed by atoms with Gasteiger partial charge in [-0.15, -0.1) is 0 Å². The quantitative estimate of drug-likeness (QED) is 0.630. The number of nitrogens with zero attached hydrogens (tertiary/aromatic N) is 4. The van der Waals surface area contributed by atoms with Crippen molar-refractivity contribution >= 4 is 23.0 Å². The maximum absolute atomic E-state index is 12.2. The Labute approximate surface area is 197 Å². The summed E-state index contributed by atoms with van der Waals surface area (Å²) in [6, 6.07) is 7.25. The van der Waals surface area contributed by atoms with E-state index in [1.54, 1.807) is 6.92 Å². The molecule has 0 radical (unpaired) electrons. The van der Waals surface area contributed by atoms with Gasteiger partial charge in [0.1, 0.15) is 0 Å². The van der Waals surface area contributed by atoms with E-state index in [-0.39, 0.29) is 5.91 Å². The molecule has 0 spiro atoms. The highest BCUT2D eigenvalue weighted by molar-refractivity contribution is 5.77. The monoisotopic (exact) mass is 448 g/mol. The molecule has 1 fully saturated rings. The molecule has 0 N–H and O–H groups in total. The van der Waals surface area contributed by atoms with Crippen molar-refractivity contribution in [2.75, 3.05) is 31.2 Å². The molecular formula is C27H36N4O2. The van der Waals surface area contributed by atoms with E-state index >= 15 is 0 Å². The van der Waals surface area contributed by atoms with Gasteiger partial charge in [-0.25, -0.2) is 0 Å². The van der Waals surface area contributed by atoms with Crippen LogP contribution in [-0.4, -0.2) is 46.9 Å². The number of carbonyl (C=O) groups is 1. The maximum Gasteiger partial charge on any atom is 0.219 e. The van der Waals surface area contributed by atoms with E-state index in [0.29, 0.717) is 18.5 Å². The number of carbonyl (C=O) groups excluding carboxylic acids is 1. The SMILES string of the molecule is C/C=C(\CC)c1ccc2c(c1)C(CC)CN2c1nn(C2CCOC2)c2c1CN(C(C)=O)CC2. The molecule has 2 aromatic rings. The smallest absolute Gasteiger partial charge is 0.219 e. The number of hydrogen-bond acceptors (Lipinski definition) is 4. The summed E-state index contributed by atoms with van der Waals surface area (Å²) in [7, 11) is 0. The van der Waals surface area contributed by atoms with Gasteiger partial charge < -0.3 is 14.5 Å². The van der Waals surface area contributed by atoms with Crippen LogP contribution in [-0.2, 0) is 22.5 Å². The zero-order chi connectivity index (χ0) is 23.1. The van der Waals surface area contributed by atoms with E-state index in [9.17, 15) is 4.79 Å². The first-order valence-electron chi connectivity index (χ1n) is 12.6. The number of rotatable bonds is 5. The highest BCUT2D eigenvalue weighted by Crippen LogP contribution is 2.45. The van der Waals surface area contributed by atoms with Crippen LogP contribution in [0.1, 0.15) is 81.3 Å². The Morgan fingerprint density at radius 1 is 1.30 bits per heavy atom. The van der Waals surface area contributed by atoms with Gasteiger partial charge in [0.2, 0.25) is 5.91 Å². The Kier molecular flexibility index (Phi) is 6.04. The Morgan fingerprint density at radius 3 is 2.82 bits per heavy atom. The molecule has 6 nitrogen and oxygen atoms in total. The van der Waals surface area contributed by atoms with E-state index in [0.717, 1.165) is 57.8 Å². The van der Waals surface area contributed by atoms with Gasteiger partial charge in [-0.3, -0.25) is 9.48 Å². The van der Waals surface area contributed by atoms with E-state index in [4.69, 9.17) is 9.84 Å². The van der Waals surface area contributed by atoms with Gasteiger partial charge in [0.15, 0.2) is 5.82 Å².